The second-order valence-electron chi connectivity index (χ2n) is 4.91. The van der Waals surface area contributed by atoms with Gasteiger partial charge in [0.1, 0.15) is 5.56 Å². The van der Waals surface area contributed by atoms with Crippen LogP contribution in [0.1, 0.15) is 28.9 Å². The Morgan fingerprint density at radius 1 is 1.58 bits per heavy atom. The van der Waals surface area contributed by atoms with Crippen LogP contribution in [-0.2, 0) is 0 Å². The van der Waals surface area contributed by atoms with Gasteiger partial charge in [-0.3, -0.25) is 4.79 Å². The lowest BCUT2D eigenvalue weighted by Crippen LogP contribution is -2.45. The van der Waals surface area contributed by atoms with E-state index in [2.05, 4.69) is 20.7 Å². The highest BCUT2D eigenvalue weighted by Gasteiger charge is 2.19. The highest BCUT2D eigenvalue weighted by Crippen LogP contribution is 2.10. The molecule has 6 heteroatoms. The zero-order chi connectivity index (χ0) is 13.2. The van der Waals surface area contributed by atoms with Crippen LogP contribution in [0.4, 0.5) is 0 Å². The van der Waals surface area contributed by atoms with Gasteiger partial charge in [-0.1, -0.05) is 0 Å². The minimum atomic E-state index is -0.0956. The standard InChI is InChI=1S/C13H17N5O/c1-9-4-6-18-12(16-9)11(8-15-18)13(19)17-10-3-2-5-14-7-10/h4,6,8,10,14H,2-3,5,7H2,1H3,(H,17,19)/t10-/m0/s1. The van der Waals surface area contributed by atoms with Gasteiger partial charge >= 0.3 is 0 Å². The van der Waals surface area contributed by atoms with Crippen LogP contribution in [0, 0.1) is 6.92 Å². The summed E-state index contributed by atoms with van der Waals surface area (Å²) in [5, 5.41) is 10.5. The predicted octanol–water partition coefficient (Wildman–Crippen LogP) is 0.520. The molecule has 1 aliphatic rings. The maximum absolute atomic E-state index is 12.3. The van der Waals surface area contributed by atoms with Crippen LogP contribution >= 0.6 is 0 Å². The third kappa shape index (κ3) is 2.44. The lowest BCUT2D eigenvalue weighted by Gasteiger charge is -2.23. The van der Waals surface area contributed by atoms with Crippen LogP contribution in [-0.4, -0.2) is 39.6 Å². The van der Waals surface area contributed by atoms with Crippen LogP contribution in [0.15, 0.2) is 18.5 Å². The number of hydrogen-bond acceptors (Lipinski definition) is 4. The summed E-state index contributed by atoms with van der Waals surface area (Å²) in [5.41, 5.74) is 2.02. The summed E-state index contributed by atoms with van der Waals surface area (Å²) in [6.45, 7) is 3.76. The first-order valence-corrected chi connectivity index (χ1v) is 6.56. The number of fused-ring (bicyclic) bond motifs is 1. The number of amides is 1. The number of carbonyl (C=O) groups is 1. The van der Waals surface area contributed by atoms with Gasteiger partial charge in [0.15, 0.2) is 5.65 Å². The second-order valence-corrected chi connectivity index (χ2v) is 4.91. The molecule has 0 bridgehead atoms. The lowest BCUT2D eigenvalue weighted by atomic mass is 10.1. The first-order chi connectivity index (χ1) is 9.24. The molecule has 0 aromatic carbocycles. The molecule has 2 N–H and O–H groups in total. The summed E-state index contributed by atoms with van der Waals surface area (Å²) >= 11 is 0. The number of aryl methyl sites for hydroxylation is 1. The fraction of sp³-hybridized carbons (Fsp3) is 0.462. The van der Waals surface area contributed by atoms with Crippen LogP contribution in [0.5, 0.6) is 0 Å². The van der Waals surface area contributed by atoms with Crippen molar-refractivity contribution in [3.63, 3.8) is 0 Å². The molecule has 3 heterocycles. The maximum Gasteiger partial charge on any atom is 0.257 e. The van der Waals surface area contributed by atoms with Crippen molar-refractivity contribution in [1.82, 2.24) is 25.2 Å². The van der Waals surface area contributed by atoms with Crippen LogP contribution in [0.2, 0.25) is 0 Å². The Bertz CT molecular complexity index is 600. The number of nitrogens with one attached hydrogen (secondary N) is 2. The molecule has 0 spiro atoms. The van der Waals surface area contributed by atoms with E-state index in [1.54, 1.807) is 10.7 Å². The maximum atomic E-state index is 12.3. The SMILES string of the molecule is Cc1ccn2ncc(C(=O)N[C@H]3CCCNC3)c2n1. The van der Waals surface area contributed by atoms with Gasteiger partial charge in [0.05, 0.1) is 6.20 Å². The Morgan fingerprint density at radius 3 is 3.26 bits per heavy atom. The van der Waals surface area contributed by atoms with Crippen molar-refractivity contribution in [2.45, 2.75) is 25.8 Å². The van der Waals surface area contributed by atoms with E-state index in [1.807, 2.05) is 19.2 Å². The lowest BCUT2D eigenvalue weighted by molar-refractivity contribution is 0.0932. The molecule has 2 aromatic rings. The highest BCUT2D eigenvalue weighted by atomic mass is 16.1. The van der Waals surface area contributed by atoms with Crippen molar-refractivity contribution in [3.05, 3.63) is 29.7 Å². The molecule has 100 valence electrons. The number of hydrogen-bond donors (Lipinski definition) is 2. The average molecular weight is 259 g/mol. The second kappa shape index (κ2) is 4.97. The van der Waals surface area contributed by atoms with Crippen molar-refractivity contribution in [1.29, 1.82) is 0 Å². The molecule has 0 radical (unpaired) electrons. The minimum Gasteiger partial charge on any atom is -0.348 e. The van der Waals surface area contributed by atoms with Crippen LogP contribution in [0.25, 0.3) is 5.65 Å². The van der Waals surface area contributed by atoms with Gasteiger partial charge in [-0.25, -0.2) is 9.50 Å². The Kier molecular flexibility index (Phi) is 3.16. The Balaban J connectivity index is 1.82. The molecule has 0 unspecified atom stereocenters. The summed E-state index contributed by atoms with van der Waals surface area (Å²) in [6, 6.07) is 2.06. The summed E-state index contributed by atoms with van der Waals surface area (Å²) < 4.78 is 1.63. The smallest absolute Gasteiger partial charge is 0.257 e. The molecule has 1 amide bonds. The fourth-order valence-electron chi connectivity index (χ4n) is 2.36. The van der Waals surface area contributed by atoms with E-state index in [-0.39, 0.29) is 11.9 Å². The van der Waals surface area contributed by atoms with Crippen LogP contribution < -0.4 is 10.6 Å². The molecule has 3 rings (SSSR count). The molecule has 19 heavy (non-hydrogen) atoms. The van der Waals surface area contributed by atoms with Crippen molar-refractivity contribution in [2.75, 3.05) is 13.1 Å². The number of carbonyl (C=O) groups excluding carboxylic acids is 1. The largest absolute Gasteiger partial charge is 0.348 e. The monoisotopic (exact) mass is 259 g/mol. The number of rotatable bonds is 2. The molecule has 1 fully saturated rings. The van der Waals surface area contributed by atoms with Crippen LogP contribution in [0.3, 0.4) is 0 Å². The van der Waals surface area contributed by atoms with E-state index < -0.39 is 0 Å². The zero-order valence-corrected chi connectivity index (χ0v) is 10.9. The molecular formula is C13H17N5O. The fourth-order valence-corrected chi connectivity index (χ4v) is 2.36. The van der Waals surface area contributed by atoms with Crippen molar-refractivity contribution >= 4 is 11.6 Å². The van der Waals surface area contributed by atoms with Gasteiger partial charge in [-0.05, 0) is 32.4 Å². The molecule has 1 atom stereocenters. The summed E-state index contributed by atoms with van der Waals surface area (Å²) in [6.07, 6.45) is 5.51. The van der Waals surface area contributed by atoms with E-state index in [1.165, 1.54) is 0 Å². The molecule has 1 saturated heterocycles. The Hall–Kier alpha value is -1.95. The summed E-state index contributed by atoms with van der Waals surface area (Å²) in [5.74, 6) is -0.0956. The number of nitrogens with zero attached hydrogens (tertiary/aromatic N) is 3. The first kappa shape index (κ1) is 12.1. The highest BCUT2D eigenvalue weighted by molar-refractivity contribution is 5.99. The molecule has 2 aromatic heterocycles. The first-order valence-electron chi connectivity index (χ1n) is 6.56. The summed E-state index contributed by atoms with van der Waals surface area (Å²) in [7, 11) is 0. The van der Waals surface area contributed by atoms with Gasteiger partial charge in [0, 0.05) is 24.5 Å². The predicted molar refractivity (Wildman–Crippen MR) is 71.1 cm³/mol. The Morgan fingerprint density at radius 2 is 2.47 bits per heavy atom. The van der Waals surface area contributed by atoms with Gasteiger partial charge in [-0.2, -0.15) is 5.10 Å². The average Bonchev–Trinajstić information content (AvgIpc) is 2.82. The zero-order valence-electron chi connectivity index (χ0n) is 10.9. The van der Waals surface area contributed by atoms with E-state index in [4.69, 9.17) is 0 Å². The van der Waals surface area contributed by atoms with Gasteiger partial charge in [0.25, 0.3) is 5.91 Å². The topological polar surface area (TPSA) is 71.3 Å². The van der Waals surface area contributed by atoms with Gasteiger partial charge in [-0.15, -0.1) is 0 Å². The molecule has 1 aliphatic heterocycles. The number of aromatic nitrogens is 3. The van der Waals surface area contributed by atoms with Crippen molar-refractivity contribution < 1.29 is 4.79 Å². The third-order valence-electron chi connectivity index (χ3n) is 3.39. The van der Waals surface area contributed by atoms with Gasteiger partial charge in [0.2, 0.25) is 0 Å². The van der Waals surface area contributed by atoms with Crippen molar-refractivity contribution in [2.24, 2.45) is 0 Å². The Labute approximate surface area is 111 Å². The molecule has 6 nitrogen and oxygen atoms in total. The third-order valence-corrected chi connectivity index (χ3v) is 3.39. The van der Waals surface area contributed by atoms with Crippen molar-refractivity contribution in [3.8, 4) is 0 Å². The normalized spacial score (nSPS) is 19.5. The molecule has 0 aliphatic carbocycles. The van der Waals surface area contributed by atoms with E-state index in [0.29, 0.717) is 11.2 Å². The van der Waals surface area contributed by atoms with Gasteiger partial charge < -0.3 is 10.6 Å². The quantitative estimate of drug-likeness (QED) is 0.825. The summed E-state index contributed by atoms with van der Waals surface area (Å²) in [4.78, 5) is 16.6. The minimum absolute atomic E-state index is 0.0956. The van der Waals surface area contributed by atoms with E-state index in [0.717, 1.165) is 31.6 Å². The van der Waals surface area contributed by atoms with E-state index in [9.17, 15) is 4.79 Å². The molecular weight excluding hydrogens is 242 g/mol. The molecule has 0 saturated carbocycles. The van der Waals surface area contributed by atoms with E-state index >= 15 is 0 Å². The number of piperidine rings is 1.